The van der Waals surface area contributed by atoms with E-state index < -0.39 is 6.10 Å². The number of aliphatic hydroxyl groups excluding tert-OH is 1. The second-order valence-corrected chi connectivity index (χ2v) is 4.26. The van der Waals surface area contributed by atoms with E-state index in [0.717, 1.165) is 28.8 Å². The van der Waals surface area contributed by atoms with Crippen molar-refractivity contribution in [2.24, 2.45) is 0 Å². The van der Waals surface area contributed by atoms with Crippen molar-refractivity contribution in [1.82, 2.24) is 0 Å². The van der Waals surface area contributed by atoms with E-state index in [9.17, 15) is 9.90 Å². The van der Waals surface area contributed by atoms with Gasteiger partial charge in [0.1, 0.15) is 6.10 Å². The van der Waals surface area contributed by atoms with Crippen LogP contribution >= 0.6 is 0 Å². The summed E-state index contributed by atoms with van der Waals surface area (Å²) in [7, 11) is 1.56. The number of nitrogens with one attached hydrogen (secondary N) is 1. The van der Waals surface area contributed by atoms with Gasteiger partial charge in [-0.2, -0.15) is 0 Å². The number of anilines is 1. The number of aliphatic hydroxyl groups is 1. The first-order chi connectivity index (χ1) is 8.15. The summed E-state index contributed by atoms with van der Waals surface area (Å²) in [5.41, 5.74) is 3.78. The molecule has 2 N–H and O–H groups in total. The third-order valence-electron chi connectivity index (χ3n) is 3.03. The van der Waals surface area contributed by atoms with E-state index in [1.807, 2.05) is 19.1 Å². The Morgan fingerprint density at radius 1 is 1.53 bits per heavy atom. The number of hydrogen-bond donors (Lipinski definition) is 2. The van der Waals surface area contributed by atoms with E-state index in [2.05, 4.69) is 5.32 Å². The number of benzene rings is 1. The molecule has 1 unspecified atom stereocenters. The molecule has 0 spiro atoms. The predicted octanol–water partition coefficient (Wildman–Crippen LogP) is 1.42. The van der Waals surface area contributed by atoms with Gasteiger partial charge in [0.25, 0.3) is 0 Å². The third-order valence-corrected chi connectivity index (χ3v) is 3.03. The van der Waals surface area contributed by atoms with Crippen LogP contribution in [0.2, 0.25) is 0 Å². The van der Waals surface area contributed by atoms with Crippen LogP contribution in [0.3, 0.4) is 0 Å². The van der Waals surface area contributed by atoms with Crippen LogP contribution in [0, 0.1) is 0 Å². The van der Waals surface area contributed by atoms with Gasteiger partial charge < -0.3 is 15.2 Å². The second kappa shape index (κ2) is 4.85. The summed E-state index contributed by atoms with van der Waals surface area (Å²) in [6.07, 6.45) is 0.595. The van der Waals surface area contributed by atoms with Crippen LogP contribution < -0.4 is 5.32 Å². The molecule has 0 bridgehead atoms. The molecule has 17 heavy (non-hydrogen) atoms. The van der Waals surface area contributed by atoms with E-state index in [-0.39, 0.29) is 12.5 Å². The van der Waals surface area contributed by atoms with Crippen LogP contribution in [0.4, 0.5) is 5.69 Å². The second-order valence-electron chi connectivity index (χ2n) is 4.26. The summed E-state index contributed by atoms with van der Waals surface area (Å²) in [6.45, 7) is 2.30. The van der Waals surface area contributed by atoms with E-state index in [1.165, 1.54) is 0 Å². The normalized spacial score (nSPS) is 15.6. The van der Waals surface area contributed by atoms with E-state index >= 15 is 0 Å². The largest absolute Gasteiger partial charge is 0.386 e. The smallest absolute Gasteiger partial charge is 0.228 e. The van der Waals surface area contributed by atoms with Gasteiger partial charge in [-0.25, -0.2) is 0 Å². The van der Waals surface area contributed by atoms with E-state index in [1.54, 1.807) is 7.11 Å². The number of aryl methyl sites for hydroxylation is 1. The predicted molar refractivity (Wildman–Crippen MR) is 65.0 cm³/mol. The van der Waals surface area contributed by atoms with Gasteiger partial charge in [0.05, 0.1) is 13.0 Å². The van der Waals surface area contributed by atoms with Crippen LogP contribution in [0.1, 0.15) is 29.7 Å². The van der Waals surface area contributed by atoms with Crippen molar-refractivity contribution in [3.05, 3.63) is 28.8 Å². The molecule has 4 heteroatoms. The van der Waals surface area contributed by atoms with Gasteiger partial charge in [0, 0.05) is 12.8 Å². The molecule has 4 nitrogen and oxygen atoms in total. The summed E-state index contributed by atoms with van der Waals surface area (Å²) < 4.78 is 4.94. The van der Waals surface area contributed by atoms with E-state index in [0.29, 0.717) is 6.42 Å². The first-order valence-electron chi connectivity index (χ1n) is 5.78. The quantitative estimate of drug-likeness (QED) is 0.830. The molecule has 2 rings (SSSR count). The summed E-state index contributed by atoms with van der Waals surface area (Å²) >= 11 is 0. The Balaban J connectivity index is 2.38. The minimum Gasteiger partial charge on any atom is -0.386 e. The molecule has 1 amide bonds. The zero-order valence-electron chi connectivity index (χ0n) is 10.1. The van der Waals surface area contributed by atoms with Gasteiger partial charge in [-0.3, -0.25) is 4.79 Å². The third kappa shape index (κ3) is 2.33. The average molecular weight is 235 g/mol. The van der Waals surface area contributed by atoms with Gasteiger partial charge >= 0.3 is 0 Å². The van der Waals surface area contributed by atoms with Crippen molar-refractivity contribution in [2.45, 2.75) is 25.9 Å². The molecule has 92 valence electrons. The van der Waals surface area contributed by atoms with Crippen molar-refractivity contribution >= 4 is 11.6 Å². The lowest BCUT2D eigenvalue weighted by atomic mass is 9.98. The van der Waals surface area contributed by atoms with Crippen molar-refractivity contribution in [1.29, 1.82) is 0 Å². The lowest BCUT2D eigenvalue weighted by Gasteiger charge is -2.14. The Hall–Kier alpha value is -1.39. The fraction of sp³-hybridized carbons (Fsp3) is 0.462. The Bertz CT molecular complexity index is 443. The lowest BCUT2D eigenvalue weighted by molar-refractivity contribution is -0.115. The number of hydrogen-bond acceptors (Lipinski definition) is 3. The van der Waals surface area contributed by atoms with Gasteiger partial charge in [-0.1, -0.05) is 19.1 Å². The topological polar surface area (TPSA) is 58.6 Å². The minimum absolute atomic E-state index is 0.0214. The highest BCUT2D eigenvalue weighted by Gasteiger charge is 2.22. The minimum atomic E-state index is -0.633. The highest BCUT2D eigenvalue weighted by atomic mass is 16.5. The van der Waals surface area contributed by atoms with Crippen molar-refractivity contribution in [3.63, 3.8) is 0 Å². The Labute approximate surface area is 101 Å². The Kier molecular flexibility index (Phi) is 3.45. The lowest BCUT2D eigenvalue weighted by Crippen LogP contribution is -2.07. The van der Waals surface area contributed by atoms with E-state index in [4.69, 9.17) is 4.74 Å². The molecule has 1 aliphatic rings. The highest BCUT2D eigenvalue weighted by Crippen LogP contribution is 2.31. The maximum Gasteiger partial charge on any atom is 0.228 e. The first-order valence-corrected chi connectivity index (χ1v) is 5.78. The fourth-order valence-electron chi connectivity index (χ4n) is 2.18. The molecular weight excluding hydrogens is 218 g/mol. The summed E-state index contributed by atoms with van der Waals surface area (Å²) in [4.78, 5) is 11.4. The Morgan fingerprint density at radius 2 is 2.29 bits per heavy atom. The maximum atomic E-state index is 11.4. The van der Waals surface area contributed by atoms with Gasteiger partial charge in [-0.05, 0) is 23.1 Å². The van der Waals surface area contributed by atoms with Crippen LogP contribution in [0.15, 0.2) is 12.1 Å². The number of carbonyl (C=O) groups is 1. The number of fused-ring (bicyclic) bond motifs is 1. The average Bonchev–Trinajstić information content (AvgIpc) is 2.68. The molecule has 0 fully saturated rings. The SMILES string of the molecule is CCc1cc(C(O)COC)cc2c1NC(=O)C2. The molecule has 1 aromatic carbocycles. The van der Waals surface area contributed by atoms with Crippen molar-refractivity contribution < 1.29 is 14.6 Å². The Morgan fingerprint density at radius 3 is 2.94 bits per heavy atom. The molecule has 1 heterocycles. The van der Waals surface area contributed by atoms with Crippen molar-refractivity contribution in [3.8, 4) is 0 Å². The molecule has 1 aromatic rings. The maximum absolute atomic E-state index is 11.4. The monoisotopic (exact) mass is 235 g/mol. The number of rotatable bonds is 4. The first kappa shape index (κ1) is 12.1. The summed E-state index contributed by atoms with van der Waals surface area (Å²) in [5.74, 6) is 0.0214. The van der Waals surface area contributed by atoms with Crippen molar-refractivity contribution in [2.75, 3.05) is 19.0 Å². The molecule has 1 atom stereocenters. The zero-order valence-corrected chi connectivity index (χ0v) is 10.1. The van der Waals surface area contributed by atoms with Gasteiger partial charge in [-0.15, -0.1) is 0 Å². The molecule has 0 saturated heterocycles. The zero-order chi connectivity index (χ0) is 12.4. The molecular formula is C13H17NO3. The number of carbonyl (C=O) groups excluding carboxylic acids is 1. The standard InChI is InChI=1S/C13H17NO3/c1-3-8-4-9(11(15)7-17-2)5-10-6-12(16)14-13(8)10/h4-5,11,15H,3,6-7H2,1-2H3,(H,14,16). The number of amides is 1. The fourth-order valence-corrected chi connectivity index (χ4v) is 2.18. The highest BCUT2D eigenvalue weighted by molar-refractivity contribution is 6.00. The molecule has 0 saturated carbocycles. The number of ether oxygens (including phenoxy) is 1. The van der Waals surface area contributed by atoms with Crippen LogP contribution in [0.25, 0.3) is 0 Å². The van der Waals surface area contributed by atoms with Gasteiger partial charge in [0.2, 0.25) is 5.91 Å². The molecule has 0 aromatic heterocycles. The van der Waals surface area contributed by atoms with Crippen LogP contribution in [-0.4, -0.2) is 24.7 Å². The summed E-state index contributed by atoms with van der Waals surface area (Å²) in [6, 6.07) is 3.82. The van der Waals surface area contributed by atoms with Gasteiger partial charge in [0.15, 0.2) is 0 Å². The molecule has 1 aliphatic heterocycles. The van der Waals surface area contributed by atoms with Crippen LogP contribution in [-0.2, 0) is 22.4 Å². The molecule has 0 aliphatic carbocycles. The molecule has 0 radical (unpaired) electrons. The summed E-state index contributed by atoms with van der Waals surface area (Å²) in [5, 5.41) is 12.8. The van der Waals surface area contributed by atoms with Crippen LogP contribution in [0.5, 0.6) is 0 Å². The number of methoxy groups -OCH3 is 1.